The number of nitrogens with one attached hydrogen (secondary N) is 1. The predicted octanol–water partition coefficient (Wildman–Crippen LogP) is 4.65. The van der Waals surface area contributed by atoms with Crippen LogP contribution in [0.4, 0.5) is 24.9 Å². The SMILES string of the molecule is C[C@H]1Cn2cc(-c3ccnc(Nc4ccnn4C)n3)cc2-c2nnc(C(F)(F)c3ccccc3F)n21.S. The van der Waals surface area contributed by atoms with Crippen LogP contribution < -0.4 is 5.32 Å². The van der Waals surface area contributed by atoms with E-state index in [2.05, 4.69) is 30.6 Å². The van der Waals surface area contributed by atoms with Crippen molar-refractivity contribution in [1.29, 1.82) is 0 Å². The number of hydrogen-bond donors (Lipinski definition) is 1. The summed E-state index contributed by atoms with van der Waals surface area (Å²) in [7, 11) is 1.80. The van der Waals surface area contributed by atoms with E-state index in [-0.39, 0.29) is 25.4 Å². The quantitative estimate of drug-likeness (QED) is 0.359. The molecule has 1 aliphatic rings. The number of benzene rings is 1. The first-order valence-electron chi connectivity index (χ1n) is 11.2. The zero-order valence-electron chi connectivity index (χ0n) is 19.8. The summed E-state index contributed by atoms with van der Waals surface area (Å²) < 4.78 is 50.1. The Kier molecular flexibility index (Phi) is 6.02. The van der Waals surface area contributed by atoms with Gasteiger partial charge < -0.3 is 9.88 Å². The molecule has 1 aliphatic heterocycles. The van der Waals surface area contributed by atoms with E-state index >= 15 is 8.78 Å². The van der Waals surface area contributed by atoms with E-state index < -0.39 is 23.1 Å². The predicted molar refractivity (Wildman–Crippen MR) is 135 cm³/mol. The van der Waals surface area contributed by atoms with Gasteiger partial charge in [0.1, 0.15) is 11.6 Å². The maximum Gasteiger partial charge on any atom is 0.334 e. The Morgan fingerprint density at radius 3 is 2.65 bits per heavy atom. The van der Waals surface area contributed by atoms with E-state index in [0.29, 0.717) is 23.9 Å². The molecular formula is C24H22F3N9S. The first-order chi connectivity index (χ1) is 17.3. The molecule has 1 atom stereocenters. The summed E-state index contributed by atoms with van der Waals surface area (Å²) in [6.07, 6.45) is 5.19. The van der Waals surface area contributed by atoms with Crippen molar-refractivity contribution < 1.29 is 13.2 Å². The number of aromatic nitrogens is 8. The molecule has 37 heavy (non-hydrogen) atoms. The van der Waals surface area contributed by atoms with Crippen molar-refractivity contribution >= 4 is 25.3 Å². The van der Waals surface area contributed by atoms with Crippen LogP contribution in [0.2, 0.25) is 0 Å². The standard InChI is InChI=1S/C24H20F3N9.H2S/c1-14-12-35-13-15(18-7-9-28-23(30-18)31-20-8-10-29-34(20)2)11-19(35)21-32-33-22(36(14)21)24(26,27)16-5-3-4-6-17(16)25;/h3-11,13-14H,12H2,1-2H3,(H,28,30,31);1H2/t14-;/m0./s1. The Morgan fingerprint density at radius 1 is 1.08 bits per heavy atom. The Bertz CT molecular complexity index is 1590. The van der Waals surface area contributed by atoms with E-state index in [9.17, 15) is 4.39 Å². The van der Waals surface area contributed by atoms with Gasteiger partial charge in [0.05, 0.1) is 29.2 Å². The van der Waals surface area contributed by atoms with Gasteiger partial charge in [0.2, 0.25) is 11.8 Å². The number of aryl methyl sites for hydroxylation is 1. The van der Waals surface area contributed by atoms with Crippen LogP contribution in [0.5, 0.6) is 0 Å². The van der Waals surface area contributed by atoms with E-state index in [1.807, 2.05) is 16.8 Å². The van der Waals surface area contributed by atoms with E-state index in [1.54, 1.807) is 43.2 Å². The third-order valence-corrected chi connectivity index (χ3v) is 6.23. The molecule has 0 fully saturated rings. The molecule has 0 amide bonds. The van der Waals surface area contributed by atoms with Crippen molar-refractivity contribution in [3.63, 3.8) is 0 Å². The smallest absolute Gasteiger partial charge is 0.334 e. The van der Waals surface area contributed by atoms with Crippen LogP contribution in [0, 0.1) is 5.82 Å². The van der Waals surface area contributed by atoms with Crippen LogP contribution in [0.25, 0.3) is 22.8 Å². The minimum Gasteiger partial charge on any atom is -0.342 e. The van der Waals surface area contributed by atoms with Gasteiger partial charge in [0, 0.05) is 37.6 Å². The maximum absolute atomic E-state index is 15.4. The monoisotopic (exact) mass is 525 g/mol. The summed E-state index contributed by atoms with van der Waals surface area (Å²) in [5, 5.41) is 15.1. The second kappa shape index (κ2) is 9.07. The van der Waals surface area contributed by atoms with Gasteiger partial charge in [0.15, 0.2) is 5.82 Å². The van der Waals surface area contributed by atoms with E-state index in [1.165, 1.54) is 16.7 Å². The lowest BCUT2D eigenvalue weighted by Crippen LogP contribution is -2.28. The molecule has 13 heteroatoms. The lowest BCUT2D eigenvalue weighted by molar-refractivity contribution is 0.0231. The Balaban J connectivity index is 0.00000280. The van der Waals surface area contributed by atoms with Crippen LogP contribution in [0.3, 0.4) is 0 Å². The van der Waals surface area contributed by atoms with Gasteiger partial charge in [-0.25, -0.2) is 14.4 Å². The van der Waals surface area contributed by atoms with Gasteiger partial charge in [-0.1, -0.05) is 12.1 Å². The highest BCUT2D eigenvalue weighted by Crippen LogP contribution is 2.41. The largest absolute Gasteiger partial charge is 0.342 e. The lowest BCUT2D eigenvalue weighted by Gasteiger charge is -2.27. The van der Waals surface area contributed by atoms with E-state index in [0.717, 1.165) is 23.5 Å². The molecule has 0 saturated heterocycles. The van der Waals surface area contributed by atoms with Gasteiger partial charge >= 0.3 is 5.92 Å². The number of nitrogens with zero attached hydrogens (tertiary/aromatic N) is 8. The third kappa shape index (κ3) is 4.04. The summed E-state index contributed by atoms with van der Waals surface area (Å²) in [5.41, 5.74) is 1.30. The van der Waals surface area contributed by atoms with Crippen LogP contribution in [-0.2, 0) is 19.5 Å². The van der Waals surface area contributed by atoms with Gasteiger partial charge in [-0.2, -0.15) is 27.4 Å². The average molecular weight is 526 g/mol. The summed E-state index contributed by atoms with van der Waals surface area (Å²) in [5.74, 6) is -3.82. The molecule has 0 radical (unpaired) electrons. The highest BCUT2D eigenvalue weighted by molar-refractivity contribution is 7.59. The Morgan fingerprint density at radius 2 is 1.89 bits per heavy atom. The van der Waals surface area contributed by atoms with Gasteiger partial charge in [-0.3, -0.25) is 9.25 Å². The highest BCUT2D eigenvalue weighted by atomic mass is 32.1. The zero-order valence-corrected chi connectivity index (χ0v) is 20.8. The van der Waals surface area contributed by atoms with Crippen LogP contribution >= 0.6 is 13.5 Å². The summed E-state index contributed by atoms with van der Waals surface area (Å²) in [4.78, 5) is 8.86. The zero-order chi connectivity index (χ0) is 25.0. The molecule has 5 aromatic rings. The number of hydrogen-bond acceptors (Lipinski definition) is 6. The topological polar surface area (TPSA) is 91.3 Å². The van der Waals surface area contributed by atoms with E-state index in [4.69, 9.17) is 0 Å². The summed E-state index contributed by atoms with van der Waals surface area (Å²) in [6, 6.07) is 9.83. The fourth-order valence-corrected chi connectivity index (χ4v) is 4.48. The summed E-state index contributed by atoms with van der Waals surface area (Å²) in [6.45, 7) is 2.21. The van der Waals surface area contributed by atoms with Crippen molar-refractivity contribution in [2.75, 3.05) is 5.32 Å². The second-order valence-corrected chi connectivity index (χ2v) is 8.62. The molecule has 0 unspecified atom stereocenters. The lowest BCUT2D eigenvalue weighted by atomic mass is 10.1. The molecular weight excluding hydrogens is 503 g/mol. The van der Waals surface area contributed by atoms with Crippen LogP contribution in [0.1, 0.15) is 24.4 Å². The molecule has 190 valence electrons. The summed E-state index contributed by atoms with van der Waals surface area (Å²) >= 11 is 0. The molecule has 0 aliphatic carbocycles. The molecule has 9 nitrogen and oxygen atoms in total. The van der Waals surface area contributed by atoms with Crippen molar-refractivity contribution in [2.24, 2.45) is 7.05 Å². The van der Waals surface area contributed by atoms with Crippen molar-refractivity contribution in [1.82, 2.24) is 39.1 Å². The minimum atomic E-state index is -3.65. The number of rotatable bonds is 5. The molecule has 0 spiro atoms. The first-order valence-corrected chi connectivity index (χ1v) is 11.2. The highest BCUT2D eigenvalue weighted by Gasteiger charge is 2.44. The third-order valence-electron chi connectivity index (χ3n) is 6.23. The van der Waals surface area contributed by atoms with Crippen LogP contribution in [-0.4, -0.2) is 39.1 Å². The average Bonchev–Trinajstić information content (AvgIpc) is 3.58. The van der Waals surface area contributed by atoms with Crippen molar-refractivity contribution in [2.45, 2.75) is 25.4 Å². The molecule has 6 rings (SSSR count). The van der Waals surface area contributed by atoms with Gasteiger partial charge in [0.25, 0.3) is 0 Å². The molecule has 4 aromatic heterocycles. The molecule has 5 heterocycles. The normalized spacial score (nSPS) is 14.6. The molecule has 1 N–H and O–H groups in total. The minimum absolute atomic E-state index is 0. The number of anilines is 2. The van der Waals surface area contributed by atoms with Gasteiger partial charge in [-0.05, 0) is 31.2 Å². The Labute approximate surface area is 216 Å². The number of fused-ring (bicyclic) bond motifs is 3. The fourth-order valence-electron chi connectivity index (χ4n) is 4.48. The first kappa shape index (κ1) is 24.6. The fraction of sp³-hybridized carbons (Fsp3) is 0.208. The number of alkyl halides is 2. The van der Waals surface area contributed by atoms with Crippen molar-refractivity contribution in [3.8, 4) is 22.8 Å². The van der Waals surface area contributed by atoms with Crippen molar-refractivity contribution in [3.05, 3.63) is 78.3 Å². The van der Waals surface area contributed by atoms with Gasteiger partial charge in [-0.15, -0.1) is 10.2 Å². The molecule has 0 bridgehead atoms. The maximum atomic E-state index is 15.4. The van der Waals surface area contributed by atoms with Crippen LogP contribution in [0.15, 0.2) is 61.1 Å². The Hall–Kier alpha value is -4.13. The molecule has 0 saturated carbocycles. The number of halogens is 3. The second-order valence-electron chi connectivity index (χ2n) is 8.62. The molecule has 1 aromatic carbocycles.